The lowest BCUT2D eigenvalue weighted by Crippen LogP contribution is -2.19. The first-order chi connectivity index (χ1) is 7.13. The summed E-state index contributed by atoms with van der Waals surface area (Å²) in [6, 6.07) is 0. The third-order valence-electron chi connectivity index (χ3n) is 1.94. The molecule has 0 saturated carbocycles. The Morgan fingerprint density at radius 3 is 3.00 bits per heavy atom. The van der Waals surface area contributed by atoms with Gasteiger partial charge in [-0.05, 0) is 13.0 Å². The minimum Gasteiger partial charge on any atom is -0.458 e. The van der Waals surface area contributed by atoms with E-state index in [1.165, 1.54) is 4.90 Å². The summed E-state index contributed by atoms with van der Waals surface area (Å²) in [4.78, 5) is 23.4. The van der Waals surface area contributed by atoms with Crippen LogP contribution in [0.1, 0.15) is 20.3 Å². The van der Waals surface area contributed by atoms with Crippen molar-refractivity contribution < 1.29 is 19.1 Å². The topological polar surface area (TPSA) is 55.8 Å². The minimum absolute atomic E-state index is 0.254. The van der Waals surface area contributed by atoms with Crippen LogP contribution < -0.4 is 0 Å². The highest BCUT2D eigenvalue weighted by molar-refractivity contribution is 5.70. The molecule has 0 radical (unpaired) electrons. The smallest absolute Gasteiger partial charge is 0.413 e. The number of carbonyl (C=O) groups excluding carboxylic acids is 2. The standard InChI is InChI=1S/C10H15NO4/c1-3-9(12)15-8(2)4-5-11-6-7-14-10(11)13/h4-5,8H,3,6-7H2,1-2H3/b5-4+. The SMILES string of the molecule is CCC(=O)OC(C)/C=C/N1CCOC1=O. The van der Waals surface area contributed by atoms with Crippen LogP contribution in [0, 0.1) is 0 Å². The van der Waals surface area contributed by atoms with E-state index in [0.717, 1.165) is 0 Å². The molecular weight excluding hydrogens is 198 g/mol. The third-order valence-corrected chi connectivity index (χ3v) is 1.94. The third kappa shape index (κ3) is 3.61. The molecular formula is C10H15NO4. The number of rotatable bonds is 4. The monoisotopic (exact) mass is 213 g/mol. The van der Waals surface area contributed by atoms with E-state index in [-0.39, 0.29) is 18.2 Å². The van der Waals surface area contributed by atoms with Crippen LogP contribution in [-0.4, -0.2) is 36.2 Å². The number of esters is 1. The van der Waals surface area contributed by atoms with Gasteiger partial charge in [-0.2, -0.15) is 0 Å². The summed E-state index contributed by atoms with van der Waals surface area (Å²) in [7, 11) is 0. The number of hydrogen-bond donors (Lipinski definition) is 0. The minimum atomic E-state index is -0.361. The molecule has 0 bridgehead atoms. The van der Waals surface area contributed by atoms with Crippen molar-refractivity contribution in [3.63, 3.8) is 0 Å². The molecule has 1 saturated heterocycles. The van der Waals surface area contributed by atoms with E-state index in [2.05, 4.69) is 0 Å². The Kier molecular flexibility index (Phi) is 4.15. The van der Waals surface area contributed by atoms with Crippen LogP contribution in [0.15, 0.2) is 12.3 Å². The molecule has 84 valence electrons. The average molecular weight is 213 g/mol. The Bertz CT molecular complexity index is 275. The second kappa shape index (κ2) is 5.38. The fraction of sp³-hybridized carbons (Fsp3) is 0.600. The molecule has 15 heavy (non-hydrogen) atoms. The largest absolute Gasteiger partial charge is 0.458 e. The van der Waals surface area contributed by atoms with Gasteiger partial charge < -0.3 is 9.47 Å². The van der Waals surface area contributed by atoms with Crippen LogP contribution in [0.2, 0.25) is 0 Å². The number of hydrogen-bond acceptors (Lipinski definition) is 4. The van der Waals surface area contributed by atoms with Crippen molar-refractivity contribution in [3.8, 4) is 0 Å². The predicted octanol–water partition coefficient (Wildman–Crippen LogP) is 1.29. The molecule has 1 rings (SSSR count). The van der Waals surface area contributed by atoms with Gasteiger partial charge in [0, 0.05) is 12.6 Å². The molecule has 1 aliphatic rings. The highest BCUT2D eigenvalue weighted by Gasteiger charge is 2.19. The van der Waals surface area contributed by atoms with Crippen molar-refractivity contribution in [2.75, 3.05) is 13.2 Å². The first kappa shape index (κ1) is 11.6. The molecule has 5 nitrogen and oxygen atoms in total. The van der Waals surface area contributed by atoms with E-state index in [1.807, 2.05) is 0 Å². The van der Waals surface area contributed by atoms with E-state index in [4.69, 9.17) is 9.47 Å². The van der Waals surface area contributed by atoms with Gasteiger partial charge in [0.25, 0.3) is 0 Å². The van der Waals surface area contributed by atoms with Gasteiger partial charge in [0.1, 0.15) is 12.7 Å². The zero-order chi connectivity index (χ0) is 11.3. The van der Waals surface area contributed by atoms with Gasteiger partial charge in [0.2, 0.25) is 0 Å². The normalized spacial score (nSPS) is 18.0. The maximum absolute atomic E-state index is 11.0. The fourth-order valence-electron chi connectivity index (χ4n) is 1.10. The Balaban J connectivity index is 2.36. The lowest BCUT2D eigenvalue weighted by molar-refractivity contribution is -0.145. The second-order valence-electron chi connectivity index (χ2n) is 3.20. The molecule has 1 unspecified atom stereocenters. The molecule has 0 N–H and O–H groups in total. The van der Waals surface area contributed by atoms with Crippen molar-refractivity contribution in [3.05, 3.63) is 12.3 Å². The summed E-state index contributed by atoms with van der Waals surface area (Å²) in [5.41, 5.74) is 0. The van der Waals surface area contributed by atoms with Crippen molar-refractivity contribution in [1.29, 1.82) is 0 Å². The number of nitrogens with zero attached hydrogens (tertiary/aromatic N) is 1. The van der Waals surface area contributed by atoms with Gasteiger partial charge in [-0.15, -0.1) is 0 Å². The van der Waals surface area contributed by atoms with Crippen molar-refractivity contribution in [1.82, 2.24) is 4.90 Å². The lowest BCUT2D eigenvalue weighted by Gasteiger charge is -2.10. The lowest BCUT2D eigenvalue weighted by atomic mass is 10.4. The molecule has 0 spiro atoms. The molecule has 0 aromatic heterocycles. The zero-order valence-electron chi connectivity index (χ0n) is 8.93. The van der Waals surface area contributed by atoms with Crippen molar-refractivity contribution in [2.45, 2.75) is 26.4 Å². The Morgan fingerprint density at radius 1 is 1.73 bits per heavy atom. The number of cyclic esters (lactones) is 1. The number of ether oxygens (including phenoxy) is 2. The summed E-state index contributed by atoms with van der Waals surface area (Å²) in [6.45, 7) is 4.43. The van der Waals surface area contributed by atoms with Crippen LogP contribution in [-0.2, 0) is 14.3 Å². The number of amides is 1. The molecule has 0 aromatic carbocycles. The van der Waals surface area contributed by atoms with Gasteiger partial charge in [-0.1, -0.05) is 6.92 Å². The van der Waals surface area contributed by atoms with Crippen LogP contribution in [0.5, 0.6) is 0 Å². The maximum Gasteiger partial charge on any atom is 0.413 e. The summed E-state index contributed by atoms with van der Waals surface area (Å²) >= 11 is 0. The quantitative estimate of drug-likeness (QED) is 0.660. The first-order valence-electron chi connectivity index (χ1n) is 4.94. The van der Waals surface area contributed by atoms with E-state index in [1.54, 1.807) is 26.1 Å². The van der Waals surface area contributed by atoms with Crippen LogP contribution in [0.25, 0.3) is 0 Å². The highest BCUT2D eigenvalue weighted by atomic mass is 16.6. The van der Waals surface area contributed by atoms with Crippen molar-refractivity contribution >= 4 is 12.1 Å². The molecule has 1 atom stereocenters. The van der Waals surface area contributed by atoms with Gasteiger partial charge in [0.15, 0.2) is 0 Å². The van der Waals surface area contributed by atoms with Gasteiger partial charge in [-0.25, -0.2) is 4.79 Å². The number of carbonyl (C=O) groups is 2. The highest BCUT2D eigenvalue weighted by Crippen LogP contribution is 2.05. The Hall–Kier alpha value is -1.52. The summed E-state index contributed by atoms with van der Waals surface area (Å²) in [5.74, 6) is -0.254. The second-order valence-corrected chi connectivity index (χ2v) is 3.20. The molecule has 0 aliphatic carbocycles. The average Bonchev–Trinajstić information content (AvgIpc) is 2.61. The van der Waals surface area contributed by atoms with E-state index < -0.39 is 0 Å². The fourth-order valence-corrected chi connectivity index (χ4v) is 1.10. The van der Waals surface area contributed by atoms with E-state index in [9.17, 15) is 9.59 Å². The van der Waals surface area contributed by atoms with Crippen LogP contribution in [0.3, 0.4) is 0 Å². The van der Waals surface area contributed by atoms with E-state index >= 15 is 0 Å². The molecule has 1 aliphatic heterocycles. The summed E-state index contributed by atoms with van der Waals surface area (Å²) in [6.07, 6.45) is 2.90. The van der Waals surface area contributed by atoms with Crippen LogP contribution in [0.4, 0.5) is 4.79 Å². The Morgan fingerprint density at radius 2 is 2.47 bits per heavy atom. The van der Waals surface area contributed by atoms with Gasteiger partial charge in [-0.3, -0.25) is 9.69 Å². The van der Waals surface area contributed by atoms with Gasteiger partial charge in [0.05, 0.1) is 6.54 Å². The summed E-state index contributed by atoms with van der Waals surface area (Å²) in [5, 5.41) is 0. The maximum atomic E-state index is 11.0. The molecule has 5 heteroatoms. The molecule has 1 fully saturated rings. The van der Waals surface area contributed by atoms with Gasteiger partial charge >= 0.3 is 12.1 Å². The summed E-state index contributed by atoms with van der Waals surface area (Å²) < 4.78 is 9.72. The molecule has 1 heterocycles. The molecule has 0 aromatic rings. The molecule has 1 amide bonds. The van der Waals surface area contributed by atoms with Crippen molar-refractivity contribution in [2.24, 2.45) is 0 Å². The Labute approximate surface area is 88.6 Å². The van der Waals surface area contributed by atoms with Crippen LogP contribution >= 0.6 is 0 Å². The zero-order valence-corrected chi connectivity index (χ0v) is 8.93. The predicted molar refractivity (Wildman–Crippen MR) is 53.0 cm³/mol. The van der Waals surface area contributed by atoms with E-state index in [0.29, 0.717) is 19.6 Å². The first-order valence-corrected chi connectivity index (χ1v) is 4.94.